The van der Waals surface area contributed by atoms with E-state index in [9.17, 15) is 9.59 Å². The fourth-order valence-electron chi connectivity index (χ4n) is 2.32. The molecule has 0 bridgehead atoms. The maximum atomic E-state index is 12.3. The summed E-state index contributed by atoms with van der Waals surface area (Å²) in [5, 5.41) is 2.86. The van der Waals surface area contributed by atoms with Gasteiger partial charge < -0.3 is 15.0 Å². The number of nitrogens with zero attached hydrogens (tertiary/aromatic N) is 3. The lowest BCUT2D eigenvalue weighted by Gasteiger charge is -2.22. The summed E-state index contributed by atoms with van der Waals surface area (Å²) in [5.41, 5.74) is 0.544. The molecule has 21 heavy (non-hydrogen) atoms. The van der Waals surface area contributed by atoms with Gasteiger partial charge in [-0.3, -0.25) is 9.59 Å². The molecule has 1 fully saturated rings. The van der Waals surface area contributed by atoms with Crippen LogP contribution in [0.3, 0.4) is 0 Å². The Morgan fingerprint density at radius 3 is 2.62 bits per heavy atom. The Morgan fingerprint density at radius 2 is 2.05 bits per heavy atom. The number of amides is 1. The summed E-state index contributed by atoms with van der Waals surface area (Å²) in [7, 11) is 5.15. The molecule has 1 heterocycles. The van der Waals surface area contributed by atoms with E-state index in [0.29, 0.717) is 37.2 Å². The maximum absolute atomic E-state index is 12.3. The van der Waals surface area contributed by atoms with E-state index in [1.807, 2.05) is 14.1 Å². The van der Waals surface area contributed by atoms with Crippen molar-refractivity contribution in [2.75, 3.05) is 31.4 Å². The highest BCUT2D eigenvalue weighted by molar-refractivity contribution is 5.96. The molecule has 7 heteroatoms. The number of ketones is 1. The van der Waals surface area contributed by atoms with Crippen LogP contribution in [0.25, 0.3) is 0 Å². The fraction of sp³-hybridized carbons (Fsp3) is 0.571. The van der Waals surface area contributed by atoms with Crippen molar-refractivity contribution >= 4 is 23.2 Å². The normalized spacial score (nSPS) is 15.7. The molecule has 0 atom stereocenters. The topological polar surface area (TPSA) is 84.4 Å². The maximum Gasteiger partial charge on any atom is 0.318 e. The number of hydrogen-bond acceptors (Lipinski definition) is 6. The third kappa shape index (κ3) is 3.68. The Labute approximate surface area is 123 Å². The highest BCUT2D eigenvalue weighted by atomic mass is 16.5. The van der Waals surface area contributed by atoms with E-state index in [-0.39, 0.29) is 23.6 Å². The lowest BCUT2D eigenvalue weighted by atomic mass is 9.88. The van der Waals surface area contributed by atoms with Gasteiger partial charge in [0.2, 0.25) is 5.91 Å². The molecule has 1 N–H and O–H groups in total. The minimum atomic E-state index is -0.125. The number of anilines is 2. The van der Waals surface area contributed by atoms with Crippen LogP contribution in [0.4, 0.5) is 11.5 Å². The van der Waals surface area contributed by atoms with Crippen LogP contribution < -0.4 is 15.0 Å². The van der Waals surface area contributed by atoms with E-state index in [4.69, 9.17) is 4.74 Å². The number of hydrogen-bond donors (Lipinski definition) is 1. The van der Waals surface area contributed by atoms with E-state index in [1.165, 1.54) is 13.3 Å². The van der Waals surface area contributed by atoms with Crippen molar-refractivity contribution < 1.29 is 14.3 Å². The van der Waals surface area contributed by atoms with Crippen molar-refractivity contribution in [2.45, 2.75) is 25.7 Å². The van der Waals surface area contributed by atoms with Gasteiger partial charge in [-0.1, -0.05) is 0 Å². The molecule has 0 aliphatic heterocycles. The number of rotatable bonds is 4. The van der Waals surface area contributed by atoms with Gasteiger partial charge in [-0.05, 0) is 12.8 Å². The third-order valence-corrected chi connectivity index (χ3v) is 3.52. The molecule has 0 saturated heterocycles. The lowest BCUT2D eigenvalue weighted by Crippen LogP contribution is -2.28. The van der Waals surface area contributed by atoms with Crippen molar-refractivity contribution in [2.24, 2.45) is 5.92 Å². The van der Waals surface area contributed by atoms with Crippen LogP contribution in [-0.4, -0.2) is 42.9 Å². The summed E-state index contributed by atoms with van der Waals surface area (Å²) in [5.74, 6) is 0.613. The van der Waals surface area contributed by atoms with Crippen LogP contribution in [0.5, 0.6) is 6.01 Å². The average molecular weight is 292 g/mol. The molecular formula is C14H20N4O3. The number of ether oxygens (including phenoxy) is 1. The largest absolute Gasteiger partial charge is 0.467 e. The number of carbonyl (C=O) groups is 2. The molecule has 114 valence electrons. The van der Waals surface area contributed by atoms with Gasteiger partial charge >= 0.3 is 6.01 Å². The van der Waals surface area contributed by atoms with Crippen molar-refractivity contribution in [3.8, 4) is 6.01 Å². The first kappa shape index (κ1) is 15.2. The summed E-state index contributed by atoms with van der Waals surface area (Å²) in [4.78, 5) is 33.5. The van der Waals surface area contributed by atoms with Gasteiger partial charge in [0, 0.05) is 32.9 Å². The van der Waals surface area contributed by atoms with Crippen molar-refractivity contribution in [3.05, 3.63) is 6.20 Å². The number of aromatic nitrogens is 2. The first-order chi connectivity index (χ1) is 10.0. The molecule has 0 aromatic carbocycles. The molecular weight excluding hydrogens is 272 g/mol. The van der Waals surface area contributed by atoms with Gasteiger partial charge in [-0.25, -0.2) is 4.98 Å². The van der Waals surface area contributed by atoms with Gasteiger partial charge in [-0.2, -0.15) is 4.98 Å². The zero-order chi connectivity index (χ0) is 15.4. The highest BCUT2D eigenvalue weighted by Crippen LogP contribution is 2.26. The monoisotopic (exact) mass is 292 g/mol. The summed E-state index contributed by atoms with van der Waals surface area (Å²) >= 11 is 0. The summed E-state index contributed by atoms with van der Waals surface area (Å²) < 4.78 is 4.99. The van der Waals surface area contributed by atoms with Crippen molar-refractivity contribution in [1.82, 2.24) is 9.97 Å². The van der Waals surface area contributed by atoms with Crippen LogP contribution in [0.2, 0.25) is 0 Å². The van der Waals surface area contributed by atoms with Crippen LogP contribution in [0.15, 0.2) is 6.20 Å². The van der Waals surface area contributed by atoms with E-state index < -0.39 is 0 Å². The molecule has 0 unspecified atom stereocenters. The SMILES string of the molecule is COc1ncc(NC(=O)C2CCC(=O)CC2)c(N(C)C)n1. The summed E-state index contributed by atoms with van der Waals surface area (Å²) in [6, 6.07) is 0.250. The van der Waals surface area contributed by atoms with Gasteiger partial charge in [-0.15, -0.1) is 0 Å². The molecule has 7 nitrogen and oxygen atoms in total. The predicted octanol–water partition coefficient (Wildman–Crippen LogP) is 1.25. The molecule has 1 aliphatic rings. The van der Waals surface area contributed by atoms with Crippen molar-refractivity contribution in [1.29, 1.82) is 0 Å². The van der Waals surface area contributed by atoms with Crippen LogP contribution >= 0.6 is 0 Å². The second-order valence-electron chi connectivity index (χ2n) is 5.29. The first-order valence-corrected chi connectivity index (χ1v) is 6.92. The van der Waals surface area contributed by atoms with Gasteiger partial charge in [0.15, 0.2) is 5.82 Å². The van der Waals surface area contributed by atoms with Crippen LogP contribution in [0, 0.1) is 5.92 Å². The summed E-state index contributed by atoms with van der Waals surface area (Å²) in [6.45, 7) is 0. The Hall–Kier alpha value is -2.18. The molecule has 0 spiro atoms. The zero-order valence-electron chi connectivity index (χ0n) is 12.5. The number of carbonyl (C=O) groups excluding carboxylic acids is 2. The molecule has 1 aliphatic carbocycles. The quantitative estimate of drug-likeness (QED) is 0.899. The molecule has 0 radical (unpaired) electrons. The minimum Gasteiger partial charge on any atom is -0.467 e. The zero-order valence-corrected chi connectivity index (χ0v) is 12.5. The number of nitrogens with one attached hydrogen (secondary N) is 1. The second kappa shape index (κ2) is 6.51. The Kier molecular flexibility index (Phi) is 4.72. The number of Topliss-reactive ketones (excluding diaryl/α,β-unsaturated/α-hetero) is 1. The minimum absolute atomic E-state index is 0.0839. The molecule has 1 aromatic heterocycles. The Bertz CT molecular complexity index is 535. The first-order valence-electron chi connectivity index (χ1n) is 6.92. The predicted molar refractivity (Wildman–Crippen MR) is 78.5 cm³/mol. The highest BCUT2D eigenvalue weighted by Gasteiger charge is 2.25. The van der Waals surface area contributed by atoms with Crippen LogP contribution in [0.1, 0.15) is 25.7 Å². The van der Waals surface area contributed by atoms with E-state index in [1.54, 1.807) is 4.90 Å². The van der Waals surface area contributed by atoms with E-state index in [2.05, 4.69) is 15.3 Å². The Balaban J connectivity index is 2.11. The lowest BCUT2D eigenvalue weighted by molar-refractivity contribution is -0.125. The molecule has 2 rings (SSSR count). The standard InChI is InChI=1S/C14H20N4O3/c1-18(2)12-11(8-15-14(17-12)21-3)16-13(20)9-4-6-10(19)7-5-9/h8-9H,4-7H2,1-3H3,(H,16,20). The Morgan fingerprint density at radius 1 is 1.38 bits per heavy atom. The average Bonchev–Trinajstić information content (AvgIpc) is 2.48. The smallest absolute Gasteiger partial charge is 0.318 e. The van der Waals surface area contributed by atoms with E-state index >= 15 is 0 Å². The molecule has 1 saturated carbocycles. The number of methoxy groups -OCH3 is 1. The second-order valence-corrected chi connectivity index (χ2v) is 5.29. The molecule has 1 aromatic rings. The van der Waals surface area contributed by atoms with Crippen LogP contribution in [-0.2, 0) is 9.59 Å². The van der Waals surface area contributed by atoms with Crippen molar-refractivity contribution in [3.63, 3.8) is 0 Å². The fourth-order valence-corrected chi connectivity index (χ4v) is 2.32. The van der Waals surface area contributed by atoms with Gasteiger partial charge in [0.1, 0.15) is 11.5 Å². The van der Waals surface area contributed by atoms with Gasteiger partial charge in [0.25, 0.3) is 0 Å². The van der Waals surface area contributed by atoms with E-state index in [0.717, 1.165) is 0 Å². The third-order valence-electron chi connectivity index (χ3n) is 3.52. The summed E-state index contributed by atoms with van der Waals surface area (Å²) in [6.07, 6.45) is 3.72. The molecule has 1 amide bonds. The van der Waals surface area contributed by atoms with Gasteiger partial charge in [0.05, 0.1) is 13.3 Å².